The minimum Gasteiger partial charge on any atom is -0.449 e. The first kappa shape index (κ1) is 20.7. The number of hydrogen-bond donors (Lipinski definition) is 1. The highest BCUT2D eigenvalue weighted by molar-refractivity contribution is 6.30. The third-order valence-electron chi connectivity index (χ3n) is 4.02. The zero-order valence-electron chi connectivity index (χ0n) is 15.5. The number of hydrogen-bond acceptors (Lipinski definition) is 3. The maximum absolute atomic E-state index is 12.2. The number of benzene rings is 2. The number of rotatable bonds is 8. The first-order valence-corrected chi connectivity index (χ1v) is 9.30. The van der Waals surface area contributed by atoms with Crippen LogP contribution >= 0.6 is 11.6 Å². The lowest BCUT2D eigenvalue weighted by Crippen LogP contribution is -2.40. The lowest BCUT2D eigenvalue weighted by atomic mass is 10.1. The number of nitrogens with one attached hydrogen (secondary N) is 1. The van der Waals surface area contributed by atoms with Gasteiger partial charge in [-0.25, -0.2) is 4.79 Å². The van der Waals surface area contributed by atoms with Crippen LogP contribution in [0.25, 0.3) is 6.08 Å². The number of amides is 1. The second-order valence-corrected chi connectivity index (χ2v) is 6.84. The van der Waals surface area contributed by atoms with Gasteiger partial charge in [0.05, 0.1) is 0 Å². The number of aryl methyl sites for hydroxylation is 1. The lowest BCUT2D eigenvalue weighted by Gasteiger charge is -2.17. The molecule has 0 aliphatic heterocycles. The summed E-state index contributed by atoms with van der Waals surface area (Å²) < 4.78 is 5.16. The topological polar surface area (TPSA) is 55.4 Å². The molecule has 0 spiro atoms. The molecule has 1 amide bonds. The Morgan fingerprint density at radius 3 is 2.56 bits per heavy atom. The van der Waals surface area contributed by atoms with Crippen LogP contribution in [0.3, 0.4) is 0 Å². The van der Waals surface area contributed by atoms with Crippen LogP contribution in [0, 0.1) is 0 Å². The molecule has 2 aromatic carbocycles. The van der Waals surface area contributed by atoms with Crippen molar-refractivity contribution in [2.75, 3.05) is 0 Å². The number of carbonyl (C=O) groups excluding carboxylic acids is 2. The van der Waals surface area contributed by atoms with Crippen LogP contribution in [0.1, 0.15) is 31.4 Å². The van der Waals surface area contributed by atoms with Crippen molar-refractivity contribution in [1.82, 2.24) is 5.32 Å². The fourth-order valence-corrected chi connectivity index (χ4v) is 2.70. The van der Waals surface area contributed by atoms with Crippen LogP contribution in [0.5, 0.6) is 0 Å². The van der Waals surface area contributed by atoms with Gasteiger partial charge in [-0.15, -0.1) is 0 Å². The van der Waals surface area contributed by atoms with Gasteiger partial charge in [0.1, 0.15) is 0 Å². The molecule has 0 saturated carbocycles. The van der Waals surface area contributed by atoms with E-state index < -0.39 is 12.1 Å². The third-order valence-corrected chi connectivity index (χ3v) is 4.26. The number of halogens is 1. The molecule has 2 atom stereocenters. The molecule has 0 fully saturated rings. The predicted octanol–water partition coefficient (Wildman–Crippen LogP) is 4.42. The first-order chi connectivity index (χ1) is 12.9. The summed E-state index contributed by atoms with van der Waals surface area (Å²) in [6.45, 7) is 3.50. The van der Waals surface area contributed by atoms with Gasteiger partial charge in [0.2, 0.25) is 0 Å². The van der Waals surface area contributed by atoms with Crippen LogP contribution < -0.4 is 5.32 Å². The number of esters is 1. The van der Waals surface area contributed by atoms with E-state index in [1.807, 2.05) is 31.2 Å². The minimum absolute atomic E-state index is 0.0131. The Bertz CT molecular complexity index is 789. The van der Waals surface area contributed by atoms with Crippen molar-refractivity contribution in [1.29, 1.82) is 0 Å². The van der Waals surface area contributed by atoms with E-state index in [0.29, 0.717) is 5.02 Å². The van der Waals surface area contributed by atoms with E-state index in [1.165, 1.54) is 11.6 Å². The molecule has 2 rings (SSSR count). The van der Waals surface area contributed by atoms with Gasteiger partial charge in [-0.2, -0.15) is 0 Å². The molecule has 0 heterocycles. The smallest absolute Gasteiger partial charge is 0.331 e. The summed E-state index contributed by atoms with van der Waals surface area (Å²) >= 11 is 5.90. The van der Waals surface area contributed by atoms with Gasteiger partial charge in [0.15, 0.2) is 6.10 Å². The standard InChI is InChI=1S/C22H24ClNO3/c1-16(11-12-18-7-4-3-5-8-18)24-22(26)17(2)27-21(25)14-13-19-9-6-10-20(23)15-19/h3-10,13-17H,11-12H2,1-2H3,(H,24,26)/b14-13+/t16-,17+/m1/s1. The molecule has 4 nitrogen and oxygen atoms in total. The van der Waals surface area contributed by atoms with E-state index >= 15 is 0 Å². The molecule has 1 N–H and O–H groups in total. The van der Waals surface area contributed by atoms with Crippen LogP contribution in [-0.2, 0) is 20.7 Å². The van der Waals surface area contributed by atoms with Crippen molar-refractivity contribution in [2.24, 2.45) is 0 Å². The molecule has 2 aromatic rings. The van der Waals surface area contributed by atoms with E-state index in [0.717, 1.165) is 18.4 Å². The number of ether oxygens (including phenoxy) is 1. The van der Waals surface area contributed by atoms with E-state index in [-0.39, 0.29) is 11.9 Å². The quantitative estimate of drug-likeness (QED) is 0.540. The fraction of sp³-hybridized carbons (Fsp3) is 0.273. The van der Waals surface area contributed by atoms with Gasteiger partial charge in [-0.3, -0.25) is 4.79 Å². The molecule has 0 bridgehead atoms. The highest BCUT2D eigenvalue weighted by atomic mass is 35.5. The van der Waals surface area contributed by atoms with Crippen molar-refractivity contribution >= 4 is 29.6 Å². The molecular weight excluding hydrogens is 362 g/mol. The van der Waals surface area contributed by atoms with E-state index in [2.05, 4.69) is 17.4 Å². The molecule has 0 saturated heterocycles. The summed E-state index contributed by atoms with van der Waals surface area (Å²) in [7, 11) is 0. The molecule has 0 aliphatic rings. The highest BCUT2D eigenvalue weighted by Gasteiger charge is 2.18. The van der Waals surface area contributed by atoms with Crippen molar-refractivity contribution < 1.29 is 14.3 Å². The average molecular weight is 386 g/mol. The summed E-state index contributed by atoms with van der Waals surface area (Å²) in [6.07, 6.45) is 3.71. The second-order valence-electron chi connectivity index (χ2n) is 6.40. The Morgan fingerprint density at radius 1 is 1.11 bits per heavy atom. The van der Waals surface area contributed by atoms with Gasteiger partial charge >= 0.3 is 5.97 Å². The van der Waals surface area contributed by atoms with E-state index in [4.69, 9.17) is 16.3 Å². The largest absolute Gasteiger partial charge is 0.449 e. The average Bonchev–Trinajstić information content (AvgIpc) is 2.65. The Morgan fingerprint density at radius 2 is 1.85 bits per heavy atom. The van der Waals surface area contributed by atoms with Gasteiger partial charge in [-0.05, 0) is 56.0 Å². The van der Waals surface area contributed by atoms with E-state index in [1.54, 1.807) is 31.2 Å². The Balaban J connectivity index is 1.76. The van der Waals surface area contributed by atoms with Crippen LogP contribution in [0.4, 0.5) is 0 Å². The maximum Gasteiger partial charge on any atom is 0.331 e. The molecular formula is C22H24ClNO3. The van der Waals surface area contributed by atoms with Crippen LogP contribution in [0.15, 0.2) is 60.7 Å². The van der Waals surface area contributed by atoms with Crippen molar-refractivity contribution in [2.45, 2.75) is 38.8 Å². The molecule has 0 aliphatic carbocycles. The molecule has 0 aromatic heterocycles. The third kappa shape index (κ3) is 7.67. The van der Waals surface area contributed by atoms with Crippen molar-refractivity contribution in [3.8, 4) is 0 Å². The second kappa shape index (κ2) is 10.5. The van der Waals surface area contributed by atoms with Crippen LogP contribution in [-0.4, -0.2) is 24.0 Å². The van der Waals surface area contributed by atoms with Crippen LogP contribution in [0.2, 0.25) is 5.02 Å². The SMILES string of the molecule is C[C@H](CCc1ccccc1)NC(=O)[C@H](C)OC(=O)/C=C/c1cccc(Cl)c1. The first-order valence-electron chi connectivity index (χ1n) is 8.92. The highest BCUT2D eigenvalue weighted by Crippen LogP contribution is 2.12. The summed E-state index contributed by atoms with van der Waals surface area (Å²) in [5, 5.41) is 3.46. The maximum atomic E-state index is 12.2. The normalized spacial score (nSPS) is 13.1. The zero-order valence-corrected chi connectivity index (χ0v) is 16.3. The van der Waals surface area contributed by atoms with Crippen molar-refractivity contribution in [3.05, 3.63) is 76.8 Å². The number of carbonyl (C=O) groups is 2. The Hall–Kier alpha value is -2.59. The molecule has 142 valence electrons. The summed E-state index contributed by atoms with van der Waals surface area (Å²) in [5.74, 6) is -0.880. The van der Waals surface area contributed by atoms with Gasteiger partial charge in [0.25, 0.3) is 5.91 Å². The summed E-state index contributed by atoms with van der Waals surface area (Å²) in [4.78, 5) is 24.1. The minimum atomic E-state index is -0.860. The van der Waals surface area contributed by atoms with Gasteiger partial charge in [-0.1, -0.05) is 54.1 Å². The van der Waals surface area contributed by atoms with E-state index in [9.17, 15) is 9.59 Å². The van der Waals surface area contributed by atoms with Gasteiger partial charge in [0, 0.05) is 17.1 Å². The lowest BCUT2D eigenvalue weighted by molar-refractivity contribution is -0.150. The fourth-order valence-electron chi connectivity index (χ4n) is 2.50. The monoisotopic (exact) mass is 385 g/mol. The Kier molecular flexibility index (Phi) is 8.08. The Labute approximate surface area is 165 Å². The summed E-state index contributed by atoms with van der Waals surface area (Å²) in [6, 6.07) is 17.2. The van der Waals surface area contributed by atoms with Gasteiger partial charge < -0.3 is 10.1 Å². The van der Waals surface area contributed by atoms with Crippen molar-refractivity contribution in [3.63, 3.8) is 0 Å². The molecule has 5 heteroatoms. The zero-order chi connectivity index (χ0) is 19.6. The molecule has 0 unspecified atom stereocenters. The molecule has 27 heavy (non-hydrogen) atoms. The summed E-state index contributed by atoms with van der Waals surface area (Å²) in [5.41, 5.74) is 2.01. The molecule has 0 radical (unpaired) electrons. The predicted molar refractivity (Wildman–Crippen MR) is 108 cm³/mol.